The third kappa shape index (κ3) is 8.44. The Labute approximate surface area is 320 Å². The standard InChI is InChI=1S/C37H29Cl2F3N6O7/c1-19(21-7-9-24(38)10-8-21)44-33(49)27-15-51-31(45-27)18-54-35-29(11-22-5-3-4-6-26(22)47-35)55-30-14-48(20(30)2)36(50)28-16-52-32(46-28)17-53-34-25(39)12-23(13-43-34)37(40,41)42/h3-13,15-16,19-20,30H,14,17-18H2,1-2H3,(H,44,49)/t19-,20+,30+/m1/s1. The first-order valence-corrected chi connectivity index (χ1v) is 17.4. The van der Waals surface area contributed by atoms with Crippen molar-refractivity contribution < 1.29 is 45.8 Å². The van der Waals surface area contributed by atoms with Crippen LogP contribution in [-0.4, -0.2) is 55.3 Å². The number of aromatic nitrogens is 4. The van der Waals surface area contributed by atoms with Crippen molar-refractivity contribution in [3.63, 3.8) is 0 Å². The topological polar surface area (TPSA) is 155 Å². The van der Waals surface area contributed by atoms with E-state index in [2.05, 4.69) is 25.3 Å². The van der Waals surface area contributed by atoms with Gasteiger partial charge in [-0.05, 0) is 49.7 Å². The van der Waals surface area contributed by atoms with Crippen LogP contribution in [0.2, 0.25) is 10.0 Å². The Kier molecular flexibility index (Phi) is 10.5. The van der Waals surface area contributed by atoms with Crippen LogP contribution in [-0.2, 0) is 19.4 Å². The Hall–Kier alpha value is -5.87. The van der Waals surface area contributed by atoms with Crippen molar-refractivity contribution in [2.45, 2.75) is 51.4 Å². The fourth-order valence-corrected chi connectivity index (χ4v) is 5.91. The minimum atomic E-state index is -4.61. The highest BCUT2D eigenvalue weighted by atomic mass is 35.5. The molecule has 0 saturated carbocycles. The van der Waals surface area contributed by atoms with Gasteiger partial charge in [0.1, 0.15) is 23.7 Å². The molecule has 6 aromatic rings. The van der Waals surface area contributed by atoms with Gasteiger partial charge in [-0.3, -0.25) is 9.59 Å². The second-order valence-corrected chi connectivity index (χ2v) is 13.3. The summed E-state index contributed by atoms with van der Waals surface area (Å²) >= 11 is 11.9. The molecule has 4 aromatic heterocycles. The van der Waals surface area contributed by atoms with E-state index >= 15 is 0 Å². The van der Waals surface area contributed by atoms with Crippen molar-refractivity contribution in [1.29, 1.82) is 0 Å². The number of amides is 2. The molecule has 3 atom stereocenters. The summed E-state index contributed by atoms with van der Waals surface area (Å²) in [4.78, 5) is 44.3. The van der Waals surface area contributed by atoms with Gasteiger partial charge in [-0.2, -0.15) is 13.2 Å². The van der Waals surface area contributed by atoms with Gasteiger partial charge in [-0.15, -0.1) is 0 Å². The molecule has 7 rings (SSSR count). The van der Waals surface area contributed by atoms with Crippen molar-refractivity contribution in [3.8, 4) is 17.5 Å². The molecule has 1 saturated heterocycles. The number of carbonyl (C=O) groups is 2. The highest BCUT2D eigenvalue weighted by Crippen LogP contribution is 2.35. The molecule has 1 aliphatic rings. The van der Waals surface area contributed by atoms with Crippen LogP contribution < -0.4 is 19.5 Å². The molecule has 1 N–H and O–H groups in total. The molecule has 1 fully saturated rings. The highest BCUT2D eigenvalue weighted by molar-refractivity contribution is 6.31. The molecule has 18 heteroatoms. The Morgan fingerprint density at radius 3 is 2.31 bits per heavy atom. The zero-order chi connectivity index (χ0) is 38.9. The first-order valence-electron chi connectivity index (χ1n) is 16.6. The van der Waals surface area contributed by atoms with Gasteiger partial charge in [-0.25, -0.2) is 19.9 Å². The van der Waals surface area contributed by atoms with Crippen LogP contribution in [0.4, 0.5) is 13.2 Å². The Morgan fingerprint density at radius 2 is 1.62 bits per heavy atom. The van der Waals surface area contributed by atoms with E-state index in [-0.39, 0.29) is 65.8 Å². The minimum Gasteiger partial charge on any atom is -0.481 e. The van der Waals surface area contributed by atoms with E-state index in [0.717, 1.165) is 17.2 Å². The molecule has 0 spiro atoms. The average molecular weight is 798 g/mol. The van der Waals surface area contributed by atoms with Gasteiger partial charge in [0.15, 0.2) is 30.4 Å². The monoisotopic (exact) mass is 796 g/mol. The number of likely N-dealkylation sites (tertiary alicyclic amines) is 1. The lowest BCUT2D eigenvalue weighted by atomic mass is 10.0. The molecule has 0 unspecified atom stereocenters. The van der Waals surface area contributed by atoms with Gasteiger partial charge < -0.3 is 33.3 Å². The van der Waals surface area contributed by atoms with Crippen LogP contribution in [0.5, 0.6) is 17.5 Å². The van der Waals surface area contributed by atoms with E-state index in [1.165, 1.54) is 11.2 Å². The number of ether oxygens (including phenoxy) is 3. The lowest BCUT2D eigenvalue weighted by Crippen LogP contribution is -2.63. The number of nitrogens with one attached hydrogen (secondary N) is 1. The number of halogens is 5. The summed E-state index contributed by atoms with van der Waals surface area (Å²) in [5.41, 5.74) is 0.554. The van der Waals surface area contributed by atoms with Crippen LogP contribution in [0.1, 0.15) is 63.8 Å². The van der Waals surface area contributed by atoms with Crippen molar-refractivity contribution in [2.24, 2.45) is 0 Å². The number of oxazole rings is 2. The summed E-state index contributed by atoms with van der Waals surface area (Å²) in [6.45, 7) is 3.34. The highest BCUT2D eigenvalue weighted by Gasteiger charge is 2.42. The van der Waals surface area contributed by atoms with E-state index in [1.54, 1.807) is 25.1 Å². The van der Waals surface area contributed by atoms with Crippen LogP contribution >= 0.6 is 23.2 Å². The number of rotatable bonds is 12. The third-order valence-electron chi connectivity index (χ3n) is 8.67. The lowest BCUT2D eigenvalue weighted by molar-refractivity contribution is -0.137. The molecule has 0 bridgehead atoms. The van der Waals surface area contributed by atoms with Crippen molar-refractivity contribution >= 4 is 45.9 Å². The number of hydrogen-bond donors (Lipinski definition) is 1. The van der Waals surface area contributed by atoms with Gasteiger partial charge >= 0.3 is 6.18 Å². The van der Waals surface area contributed by atoms with Gasteiger partial charge in [0, 0.05) is 16.6 Å². The van der Waals surface area contributed by atoms with E-state index < -0.39 is 35.7 Å². The Balaban J connectivity index is 0.963. The molecular formula is C37H29Cl2F3N6O7. The summed E-state index contributed by atoms with van der Waals surface area (Å²) in [5.74, 6) is -0.531. The molecule has 2 aromatic carbocycles. The predicted octanol–water partition coefficient (Wildman–Crippen LogP) is 7.87. The first kappa shape index (κ1) is 37.4. The van der Waals surface area contributed by atoms with Crippen molar-refractivity contribution in [3.05, 3.63) is 124 Å². The number of nitrogens with zero attached hydrogens (tertiary/aromatic N) is 5. The second-order valence-electron chi connectivity index (χ2n) is 12.4. The van der Waals surface area contributed by atoms with E-state index in [4.69, 9.17) is 46.2 Å². The molecular weight excluding hydrogens is 768 g/mol. The fraction of sp³-hybridized carbons (Fsp3) is 0.243. The molecule has 13 nitrogen and oxygen atoms in total. The maximum Gasteiger partial charge on any atom is 0.417 e. The molecule has 2 amide bonds. The molecule has 1 aliphatic heterocycles. The normalized spacial score (nSPS) is 16.0. The zero-order valence-electron chi connectivity index (χ0n) is 28.8. The molecule has 0 aliphatic carbocycles. The van der Waals surface area contributed by atoms with Crippen LogP contribution in [0, 0.1) is 0 Å². The molecule has 0 radical (unpaired) electrons. The van der Waals surface area contributed by atoms with Gasteiger partial charge in [0.05, 0.1) is 29.7 Å². The summed E-state index contributed by atoms with van der Waals surface area (Å²) in [7, 11) is 0. The van der Waals surface area contributed by atoms with E-state index in [1.807, 2.05) is 43.3 Å². The summed E-state index contributed by atoms with van der Waals surface area (Å²) < 4.78 is 67.3. The van der Waals surface area contributed by atoms with Crippen LogP contribution in [0.15, 0.2) is 88.2 Å². The number of pyridine rings is 2. The Morgan fingerprint density at radius 1 is 0.945 bits per heavy atom. The van der Waals surface area contributed by atoms with Gasteiger partial charge in [-0.1, -0.05) is 53.5 Å². The quantitative estimate of drug-likeness (QED) is 0.129. The lowest BCUT2D eigenvalue weighted by Gasteiger charge is -2.45. The number of alkyl halides is 3. The fourth-order valence-electron chi connectivity index (χ4n) is 5.56. The number of hydrogen-bond acceptors (Lipinski definition) is 11. The first-order chi connectivity index (χ1) is 26.3. The maximum atomic E-state index is 13.3. The number of para-hydroxylation sites is 1. The number of carbonyl (C=O) groups excluding carboxylic acids is 2. The number of fused-ring (bicyclic) bond motifs is 1. The van der Waals surface area contributed by atoms with Gasteiger partial charge in [0.2, 0.25) is 17.7 Å². The molecule has 5 heterocycles. The SMILES string of the molecule is C[C@@H](NC(=O)c1coc(COc2nc3ccccc3cc2O[C@H]2CN(C(=O)c3coc(COc4ncc(C(F)(F)F)cc4Cl)n3)[C@H]2C)n1)c1ccc(Cl)cc1. The summed E-state index contributed by atoms with van der Waals surface area (Å²) in [6, 6.07) is 16.3. The summed E-state index contributed by atoms with van der Waals surface area (Å²) in [6.07, 6.45) is -2.07. The van der Waals surface area contributed by atoms with Crippen LogP contribution in [0.25, 0.3) is 10.9 Å². The smallest absolute Gasteiger partial charge is 0.417 e. The predicted molar refractivity (Wildman–Crippen MR) is 190 cm³/mol. The number of benzene rings is 2. The third-order valence-corrected chi connectivity index (χ3v) is 9.20. The average Bonchev–Trinajstić information content (AvgIpc) is 3.85. The van der Waals surface area contributed by atoms with Gasteiger partial charge in [0.25, 0.3) is 17.7 Å². The maximum absolute atomic E-state index is 13.3. The minimum absolute atomic E-state index is 0.00907. The second kappa shape index (κ2) is 15.5. The van der Waals surface area contributed by atoms with E-state index in [9.17, 15) is 22.8 Å². The van der Waals surface area contributed by atoms with E-state index in [0.29, 0.717) is 28.6 Å². The molecule has 55 heavy (non-hydrogen) atoms. The van der Waals surface area contributed by atoms with Crippen molar-refractivity contribution in [1.82, 2.24) is 30.2 Å². The Bertz CT molecular complexity index is 2350. The summed E-state index contributed by atoms with van der Waals surface area (Å²) in [5, 5.41) is 3.91. The largest absolute Gasteiger partial charge is 0.481 e. The van der Waals surface area contributed by atoms with Crippen molar-refractivity contribution in [2.75, 3.05) is 6.54 Å². The van der Waals surface area contributed by atoms with Crippen LogP contribution in [0.3, 0.4) is 0 Å². The molecule has 284 valence electrons. The zero-order valence-corrected chi connectivity index (χ0v) is 30.4.